The Labute approximate surface area is 179 Å². The van der Waals surface area contributed by atoms with Crippen molar-refractivity contribution in [3.05, 3.63) is 24.3 Å². The van der Waals surface area contributed by atoms with Crippen LogP contribution in [0.5, 0.6) is 0 Å². The molecule has 4 fully saturated rings. The molecule has 1 nitrogen and oxygen atoms in total. The third-order valence-electron chi connectivity index (χ3n) is 10.7. The number of rotatable bonds is 5. The van der Waals surface area contributed by atoms with Crippen LogP contribution in [0.4, 0.5) is 0 Å². The minimum atomic E-state index is 0.223. The van der Waals surface area contributed by atoms with Gasteiger partial charge in [-0.25, -0.2) is 0 Å². The van der Waals surface area contributed by atoms with Crippen LogP contribution >= 0.6 is 0 Å². The molecule has 0 aliphatic heterocycles. The largest absolute Gasteiger partial charge is 0.294 e. The molecule has 0 aromatic rings. The van der Waals surface area contributed by atoms with Crippen LogP contribution in [0.15, 0.2) is 24.3 Å². The number of carbonyl (C=O) groups is 1. The molecule has 0 amide bonds. The summed E-state index contributed by atoms with van der Waals surface area (Å²) in [6.07, 6.45) is 15.1. The Kier molecular flexibility index (Phi) is 5.67. The molecule has 0 spiro atoms. The van der Waals surface area contributed by atoms with Gasteiger partial charge in [-0.15, -0.1) is 0 Å². The fourth-order valence-electron chi connectivity index (χ4n) is 9.07. The monoisotopic (exact) mass is 396 g/mol. The maximum atomic E-state index is 12.7. The second-order valence-electron chi connectivity index (χ2n) is 12.0. The van der Waals surface area contributed by atoms with Gasteiger partial charge in [-0.1, -0.05) is 46.8 Å². The van der Waals surface area contributed by atoms with E-state index in [1.54, 1.807) is 0 Å². The lowest BCUT2D eigenvalue weighted by molar-refractivity contribution is -0.120. The van der Waals surface area contributed by atoms with E-state index in [9.17, 15) is 4.79 Å². The van der Waals surface area contributed by atoms with Gasteiger partial charge >= 0.3 is 0 Å². The summed E-state index contributed by atoms with van der Waals surface area (Å²) in [5, 5.41) is 0. The first kappa shape index (κ1) is 21.4. The average molecular weight is 397 g/mol. The van der Waals surface area contributed by atoms with Gasteiger partial charge in [0.2, 0.25) is 0 Å². The lowest BCUT2D eigenvalue weighted by Gasteiger charge is -2.61. The molecule has 0 aromatic carbocycles. The van der Waals surface area contributed by atoms with Crippen molar-refractivity contribution in [2.24, 2.45) is 46.3 Å². The Balaban J connectivity index is 1.50. The molecule has 4 saturated carbocycles. The summed E-state index contributed by atoms with van der Waals surface area (Å²) < 4.78 is 0. The quantitative estimate of drug-likeness (QED) is 0.343. The average Bonchev–Trinajstić information content (AvgIpc) is 3.04. The highest BCUT2D eigenvalue weighted by molar-refractivity contribution is 5.98. The van der Waals surface area contributed by atoms with Gasteiger partial charge < -0.3 is 0 Å². The van der Waals surface area contributed by atoms with E-state index in [-0.39, 0.29) is 5.78 Å². The van der Waals surface area contributed by atoms with Crippen molar-refractivity contribution < 1.29 is 4.79 Å². The third kappa shape index (κ3) is 3.39. The van der Waals surface area contributed by atoms with Crippen LogP contribution in [0.2, 0.25) is 0 Å². The first-order chi connectivity index (χ1) is 13.7. The highest BCUT2D eigenvalue weighted by Crippen LogP contribution is 2.68. The van der Waals surface area contributed by atoms with Crippen LogP contribution in [0, 0.1) is 46.3 Å². The minimum absolute atomic E-state index is 0.223. The van der Waals surface area contributed by atoms with Crippen molar-refractivity contribution in [1.29, 1.82) is 0 Å². The molecule has 4 aliphatic rings. The molecule has 0 saturated heterocycles. The normalized spacial score (nSPS) is 44.9. The van der Waals surface area contributed by atoms with Gasteiger partial charge in [-0.2, -0.15) is 0 Å². The summed E-state index contributed by atoms with van der Waals surface area (Å²) in [6.45, 7) is 17.4. The molecule has 29 heavy (non-hydrogen) atoms. The molecule has 0 aromatic heterocycles. The molecule has 4 rings (SSSR count). The van der Waals surface area contributed by atoms with Crippen LogP contribution in [0.1, 0.15) is 98.3 Å². The summed E-state index contributed by atoms with van der Waals surface area (Å²) in [5.41, 5.74) is 2.55. The van der Waals surface area contributed by atoms with E-state index in [2.05, 4.69) is 33.9 Å². The molecule has 4 aliphatic carbocycles. The van der Waals surface area contributed by atoms with Gasteiger partial charge in [0.25, 0.3) is 0 Å². The van der Waals surface area contributed by atoms with Crippen LogP contribution < -0.4 is 0 Å². The molecular weight excluding hydrogens is 352 g/mol. The predicted octanol–water partition coefficient (Wildman–Crippen LogP) is 7.76. The zero-order chi connectivity index (χ0) is 21.0. The van der Waals surface area contributed by atoms with Gasteiger partial charge in [0, 0.05) is 12.0 Å². The SMILES string of the molecule is C=C(C)C(=C)C(=O)C[C@@H](C)[C@H]1CC[C@H]2[C@@H]3CCC4CCCC[C@]4(C)[C@H]3CC[C@]12C. The van der Waals surface area contributed by atoms with E-state index in [4.69, 9.17) is 0 Å². The number of fused-ring (bicyclic) bond motifs is 5. The number of hydrogen-bond donors (Lipinski definition) is 0. The van der Waals surface area contributed by atoms with E-state index in [0.29, 0.717) is 34.7 Å². The molecule has 0 heterocycles. The van der Waals surface area contributed by atoms with Crippen LogP contribution in [0.3, 0.4) is 0 Å². The van der Waals surface area contributed by atoms with Gasteiger partial charge in [0.05, 0.1) is 0 Å². The zero-order valence-electron chi connectivity index (χ0n) is 19.6. The van der Waals surface area contributed by atoms with Crippen LogP contribution in [-0.4, -0.2) is 5.78 Å². The number of Topliss-reactive ketones (excluding diaryl/α,β-unsaturated/α-hetero) is 1. The van der Waals surface area contributed by atoms with Crippen molar-refractivity contribution in [2.45, 2.75) is 98.3 Å². The van der Waals surface area contributed by atoms with Gasteiger partial charge in [-0.05, 0) is 110 Å². The zero-order valence-corrected chi connectivity index (χ0v) is 19.6. The Morgan fingerprint density at radius 2 is 1.66 bits per heavy atom. The van der Waals surface area contributed by atoms with Crippen molar-refractivity contribution >= 4 is 5.78 Å². The molecule has 8 atom stereocenters. The topological polar surface area (TPSA) is 17.1 Å². The van der Waals surface area contributed by atoms with Crippen molar-refractivity contribution in [2.75, 3.05) is 0 Å². The third-order valence-corrected chi connectivity index (χ3v) is 10.7. The number of carbonyl (C=O) groups excluding carboxylic acids is 1. The van der Waals surface area contributed by atoms with E-state index in [0.717, 1.165) is 29.2 Å². The Morgan fingerprint density at radius 1 is 0.931 bits per heavy atom. The Bertz CT molecular complexity index is 688. The molecule has 0 N–H and O–H groups in total. The van der Waals surface area contributed by atoms with E-state index in [1.807, 2.05) is 6.92 Å². The van der Waals surface area contributed by atoms with Crippen LogP contribution in [-0.2, 0) is 4.79 Å². The molecular formula is C28H44O. The van der Waals surface area contributed by atoms with Crippen LogP contribution in [0.25, 0.3) is 0 Å². The highest BCUT2D eigenvalue weighted by atomic mass is 16.1. The van der Waals surface area contributed by atoms with Crippen molar-refractivity contribution in [1.82, 2.24) is 0 Å². The standard InChI is InChI=1S/C28H44O/c1-18(2)20(4)26(29)17-19(3)23-12-13-24-22-11-10-21-9-7-8-15-27(21,5)25(22)14-16-28(23,24)6/h19,21-25H,1,4,7-17H2,2-3,5-6H3/t19-,21?,22+,23-,24+,25+,27+,28-/m1/s1. The fraction of sp³-hybridized carbons (Fsp3) is 0.821. The number of allylic oxidation sites excluding steroid dienone is 2. The molecule has 0 radical (unpaired) electrons. The minimum Gasteiger partial charge on any atom is -0.294 e. The highest BCUT2D eigenvalue weighted by Gasteiger charge is 2.60. The fourth-order valence-corrected chi connectivity index (χ4v) is 9.07. The predicted molar refractivity (Wildman–Crippen MR) is 123 cm³/mol. The van der Waals surface area contributed by atoms with Crippen molar-refractivity contribution in [3.63, 3.8) is 0 Å². The smallest absolute Gasteiger partial charge is 0.162 e. The lowest BCUT2D eigenvalue weighted by atomic mass is 9.44. The summed E-state index contributed by atoms with van der Waals surface area (Å²) in [5.74, 6) is 5.21. The Hall–Kier alpha value is -0.850. The summed E-state index contributed by atoms with van der Waals surface area (Å²) in [7, 11) is 0. The van der Waals surface area contributed by atoms with Crippen molar-refractivity contribution in [3.8, 4) is 0 Å². The molecule has 0 bridgehead atoms. The lowest BCUT2D eigenvalue weighted by Crippen LogP contribution is -2.53. The van der Waals surface area contributed by atoms with Gasteiger partial charge in [0.1, 0.15) is 0 Å². The number of ketones is 1. The maximum Gasteiger partial charge on any atom is 0.162 e. The van der Waals surface area contributed by atoms with E-state index < -0.39 is 0 Å². The second kappa shape index (κ2) is 7.69. The summed E-state index contributed by atoms with van der Waals surface area (Å²) >= 11 is 0. The van der Waals surface area contributed by atoms with Gasteiger partial charge in [-0.3, -0.25) is 4.79 Å². The van der Waals surface area contributed by atoms with Gasteiger partial charge in [0.15, 0.2) is 5.78 Å². The first-order valence-corrected chi connectivity index (χ1v) is 12.6. The summed E-state index contributed by atoms with van der Waals surface area (Å²) in [6, 6.07) is 0. The Morgan fingerprint density at radius 3 is 2.38 bits per heavy atom. The number of hydrogen-bond acceptors (Lipinski definition) is 1. The molecule has 1 unspecified atom stereocenters. The maximum absolute atomic E-state index is 12.7. The molecule has 1 heteroatoms. The van der Waals surface area contributed by atoms with E-state index in [1.165, 1.54) is 64.2 Å². The first-order valence-electron chi connectivity index (χ1n) is 12.6. The molecule has 162 valence electrons. The summed E-state index contributed by atoms with van der Waals surface area (Å²) in [4.78, 5) is 12.7. The second-order valence-corrected chi connectivity index (χ2v) is 12.0. The van der Waals surface area contributed by atoms with E-state index >= 15 is 0 Å².